The van der Waals surface area contributed by atoms with Crippen LogP contribution in [0.1, 0.15) is 24.1 Å². The number of H-pyrrole nitrogens is 1. The maximum atomic E-state index is 11.8. The number of aromatic amines is 1. The van der Waals surface area contributed by atoms with Crippen LogP contribution < -0.4 is 10.6 Å². The molecule has 4 rings (SSSR count). The highest BCUT2D eigenvalue weighted by atomic mass is 32.2. The number of nitrogens with two attached hydrogens (primary N) is 1. The van der Waals surface area contributed by atoms with Gasteiger partial charge in [0.2, 0.25) is 0 Å². The molecule has 0 saturated carbocycles. The molecule has 1 aromatic heterocycles. The Hall–Kier alpha value is -2.80. The van der Waals surface area contributed by atoms with Gasteiger partial charge < -0.3 is 10.6 Å². The third kappa shape index (κ3) is 3.75. The Balaban J connectivity index is 1.55. The molecule has 1 aliphatic rings. The lowest BCUT2D eigenvalue weighted by Gasteiger charge is -2.33. The fourth-order valence-corrected chi connectivity index (χ4v) is 4.79. The summed E-state index contributed by atoms with van der Waals surface area (Å²) in [4.78, 5) is 2.22. The number of fused-ring (bicyclic) bond motifs is 1. The average Bonchev–Trinajstić information content (AvgIpc) is 3.10. The van der Waals surface area contributed by atoms with Crippen LogP contribution >= 0.6 is 0 Å². The Kier molecular flexibility index (Phi) is 4.85. The largest absolute Gasteiger partial charge is 0.398 e. The van der Waals surface area contributed by atoms with Crippen molar-refractivity contribution in [2.24, 2.45) is 0 Å². The lowest BCUT2D eigenvalue weighted by atomic mass is 10.1. The minimum absolute atomic E-state index is 0.232. The van der Waals surface area contributed by atoms with Gasteiger partial charge in [0.15, 0.2) is 0 Å². The summed E-state index contributed by atoms with van der Waals surface area (Å²) in [6, 6.07) is 13.9. The summed E-state index contributed by atoms with van der Waals surface area (Å²) in [5.41, 5.74) is 10.7. The number of rotatable bonds is 4. The van der Waals surface area contributed by atoms with Gasteiger partial charge in [0, 0.05) is 36.1 Å². The lowest BCUT2D eigenvalue weighted by molar-refractivity contribution is 0.534. The molecule has 2 aromatic carbocycles. The molecular weight excluding hydrogens is 372 g/mol. The van der Waals surface area contributed by atoms with E-state index in [-0.39, 0.29) is 5.25 Å². The van der Waals surface area contributed by atoms with E-state index >= 15 is 0 Å². The number of benzene rings is 2. The SMILES string of the molecule is CS(=O)(=O)C1CCN(c2ccc(N)c(/C=C/c3n[nH]c4ccccc34)c2)CC1. The number of nitrogens with one attached hydrogen (secondary N) is 1. The Bertz CT molecular complexity index is 1130. The molecule has 28 heavy (non-hydrogen) atoms. The van der Waals surface area contributed by atoms with Crippen molar-refractivity contribution in [2.75, 3.05) is 30.0 Å². The smallest absolute Gasteiger partial charge is 0.150 e. The molecule has 6 nitrogen and oxygen atoms in total. The molecule has 0 bridgehead atoms. The third-order valence-electron chi connectivity index (χ3n) is 5.40. The van der Waals surface area contributed by atoms with Crippen molar-refractivity contribution >= 4 is 44.3 Å². The van der Waals surface area contributed by atoms with Crippen LogP contribution in [-0.4, -0.2) is 43.2 Å². The molecule has 0 unspecified atom stereocenters. The first-order valence-electron chi connectivity index (χ1n) is 9.36. The van der Waals surface area contributed by atoms with Gasteiger partial charge in [-0.3, -0.25) is 5.10 Å². The topological polar surface area (TPSA) is 92.1 Å². The highest BCUT2D eigenvalue weighted by molar-refractivity contribution is 7.91. The second-order valence-corrected chi connectivity index (χ2v) is 9.64. The van der Waals surface area contributed by atoms with Crippen molar-refractivity contribution in [3.8, 4) is 0 Å². The van der Waals surface area contributed by atoms with Crippen LogP contribution in [0.4, 0.5) is 11.4 Å². The molecular formula is C21H24N4O2S. The van der Waals surface area contributed by atoms with Crippen LogP contribution in [-0.2, 0) is 9.84 Å². The van der Waals surface area contributed by atoms with Gasteiger partial charge in [0.1, 0.15) is 9.84 Å². The lowest BCUT2D eigenvalue weighted by Crippen LogP contribution is -2.39. The summed E-state index contributed by atoms with van der Waals surface area (Å²) < 4.78 is 23.5. The van der Waals surface area contributed by atoms with E-state index < -0.39 is 9.84 Å². The molecule has 0 atom stereocenters. The van der Waals surface area contributed by atoms with Gasteiger partial charge in [-0.15, -0.1) is 0 Å². The van der Waals surface area contributed by atoms with Crippen LogP contribution in [0.15, 0.2) is 42.5 Å². The van der Waals surface area contributed by atoms with E-state index in [1.54, 1.807) is 0 Å². The number of anilines is 2. The number of sulfone groups is 1. The van der Waals surface area contributed by atoms with Crippen molar-refractivity contribution in [2.45, 2.75) is 18.1 Å². The fourth-order valence-electron chi connectivity index (χ4n) is 3.73. The minimum atomic E-state index is -2.97. The van der Waals surface area contributed by atoms with Gasteiger partial charge in [-0.2, -0.15) is 5.10 Å². The third-order valence-corrected chi connectivity index (χ3v) is 7.09. The normalized spacial score (nSPS) is 16.2. The number of aromatic nitrogens is 2. The molecule has 1 saturated heterocycles. The van der Waals surface area contributed by atoms with Crippen molar-refractivity contribution in [3.63, 3.8) is 0 Å². The molecule has 3 aromatic rings. The number of hydrogen-bond donors (Lipinski definition) is 2. The second-order valence-electron chi connectivity index (χ2n) is 7.32. The molecule has 7 heteroatoms. The quantitative estimate of drug-likeness (QED) is 0.660. The first-order chi connectivity index (χ1) is 13.4. The number of para-hydroxylation sites is 1. The van der Waals surface area contributed by atoms with E-state index in [4.69, 9.17) is 5.73 Å². The van der Waals surface area contributed by atoms with E-state index in [2.05, 4.69) is 21.2 Å². The van der Waals surface area contributed by atoms with E-state index in [0.29, 0.717) is 18.5 Å². The zero-order chi connectivity index (χ0) is 19.7. The van der Waals surface area contributed by atoms with Gasteiger partial charge in [-0.05, 0) is 48.7 Å². The summed E-state index contributed by atoms with van der Waals surface area (Å²) >= 11 is 0. The van der Waals surface area contributed by atoms with Crippen LogP contribution in [0.3, 0.4) is 0 Å². The molecule has 0 aliphatic carbocycles. The number of nitrogen functional groups attached to an aromatic ring is 1. The number of piperidine rings is 1. The first kappa shape index (κ1) is 18.6. The molecule has 2 heterocycles. The summed E-state index contributed by atoms with van der Waals surface area (Å²) in [7, 11) is -2.97. The monoisotopic (exact) mass is 396 g/mol. The Morgan fingerprint density at radius 1 is 1.14 bits per heavy atom. The van der Waals surface area contributed by atoms with Crippen LogP contribution in [0.2, 0.25) is 0 Å². The molecule has 1 fully saturated rings. The maximum absolute atomic E-state index is 11.8. The molecule has 0 spiro atoms. The van der Waals surface area contributed by atoms with E-state index in [0.717, 1.165) is 40.9 Å². The average molecular weight is 397 g/mol. The molecule has 146 valence electrons. The summed E-state index contributed by atoms with van der Waals surface area (Å²) in [5, 5.41) is 8.23. The standard InChI is InChI=1S/C21H24N4O2S/c1-28(26,27)17-10-12-25(13-11-17)16-7-8-19(22)15(14-16)6-9-21-18-4-2-3-5-20(18)23-24-21/h2-9,14,17H,10-13,22H2,1H3,(H,23,24)/b9-6+. The van der Waals surface area contributed by atoms with Gasteiger partial charge in [-0.25, -0.2) is 8.42 Å². The fraction of sp³-hybridized carbons (Fsp3) is 0.286. The van der Waals surface area contributed by atoms with Crippen molar-refractivity contribution in [1.29, 1.82) is 0 Å². The van der Waals surface area contributed by atoms with Crippen LogP contribution in [0.5, 0.6) is 0 Å². The van der Waals surface area contributed by atoms with Crippen LogP contribution in [0.25, 0.3) is 23.1 Å². The summed E-state index contributed by atoms with van der Waals surface area (Å²) in [5.74, 6) is 0. The maximum Gasteiger partial charge on any atom is 0.150 e. The minimum Gasteiger partial charge on any atom is -0.398 e. The van der Waals surface area contributed by atoms with E-state index in [1.807, 2.05) is 48.6 Å². The predicted octanol–water partition coefficient (Wildman–Crippen LogP) is 3.33. The second kappa shape index (κ2) is 7.31. The van der Waals surface area contributed by atoms with Gasteiger partial charge in [0.05, 0.1) is 16.5 Å². The van der Waals surface area contributed by atoms with Crippen LogP contribution in [0, 0.1) is 0 Å². The van der Waals surface area contributed by atoms with Gasteiger partial charge in [0.25, 0.3) is 0 Å². The molecule has 3 N–H and O–H groups in total. The van der Waals surface area contributed by atoms with Crippen molar-refractivity contribution in [1.82, 2.24) is 10.2 Å². The molecule has 0 radical (unpaired) electrons. The summed E-state index contributed by atoms with van der Waals surface area (Å²) in [6.07, 6.45) is 6.59. The Labute approximate surface area is 165 Å². The highest BCUT2D eigenvalue weighted by Gasteiger charge is 2.26. The van der Waals surface area contributed by atoms with Crippen molar-refractivity contribution < 1.29 is 8.42 Å². The van der Waals surface area contributed by atoms with Gasteiger partial charge >= 0.3 is 0 Å². The zero-order valence-electron chi connectivity index (χ0n) is 15.8. The zero-order valence-corrected chi connectivity index (χ0v) is 16.6. The summed E-state index contributed by atoms with van der Waals surface area (Å²) in [6.45, 7) is 1.46. The molecule has 0 amide bonds. The number of hydrogen-bond acceptors (Lipinski definition) is 5. The predicted molar refractivity (Wildman–Crippen MR) is 116 cm³/mol. The van der Waals surface area contributed by atoms with E-state index in [9.17, 15) is 8.42 Å². The first-order valence-corrected chi connectivity index (χ1v) is 11.3. The highest BCUT2D eigenvalue weighted by Crippen LogP contribution is 2.27. The molecule has 1 aliphatic heterocycles. The van der Waals surface area contributed by atoms with E-state index in [1.165, 1.54) is 6.26 Å². The Morgan fingerprint density at radius 2 is 1.89 bits per heavy atom. The van der Waals surface area contributed by atoms with Gasteiger partial charge in [-0.1, -0.05) is 24.3 Å². The number of nitrogens with zero attached hydrogens (tertiary/aromatic N) is 2. The Morgan fingerprint density at radius 3 is 2.64 bits per heavy atom. The van der Waals surface area contributed by atoms with Crippen molar-refractivity contribution in [3.05, 3.63) is 53.7 Å².